The van der Waals surface area contributed by atoms with Crippen molar-refractivity contribution in [2.75, 3.05) is 44.6 Å². The standard InChI is InChI=1S/C30H36F2N4O2/c1-18-3-4-22-26(11-18)33-17-30(22)7-10-35(15-19(30)2)16-28(37)20-5-8-36(9-6-20)29(38)27-13-21-12-23(31)24(32)14-25(21)34-27/h3-4,11-14,19-20,28,33-34,37H,5-10,15-17H2,1-2H3/t19-,28-,30+/m1/s1. The molecule has 6 rings (SSSR count). The van der Waals surface area contributed by atoms with Gasteiger partial charge in [-0.2, -0.15) is 0 Å². The van der Waals surface area contributed by atoms with Crippen molar-refractivity contribution in [2.24, 2.45) is 11.8 Å². The summed E-state index contributed by atoms with van der Waals surface area (Å²) in [5, 5.41) is 15.2. The third kappa shape index (κ3) is 4.37. The molecule has 202 valence electrons. The van der Waals surface area contributed by atoms with Crippen molar-refractivity contribution >= 4 is 22.5 Å². The Balaban J connectivity index is 1.03. The highest BCUT2D eigenvalue weighted by atomic mass is 19.2. The van der Waals surface area contributed by atoms with Crippen molar-refractivity contribution in [2.45, 2.75) is 44.6 Å². The van der Waals surface area contributed by atoms with Crippen LogP contribution >= 0.6 is 0 Å². The first-order chi connectivity index (χ1) is 18.2. The molecule has 38 heavy (non-hydrogen) atoms. The lowest BCUT2D eigenvalue weighted by atomic mass is 9.67. The number of fused-ring (bicyclic) bond motifs is 3. The van der Waals surface area contributed by atoms with Crippen LogP contribution in [0, 0.1) is 30.4 Å². The molecule has 4 heterocycles. The predicted molar refractivity (Wildman–Crippen MR) is 144 cm³/mol. The molecule has 3 N–H and O–H groups in total. The largest absolute Gasteiger partial charge is 0.392 e. The number of carbonyl (C=O) groups excluding carboxylic acids is 1. The van der Waals surface area contributed by atoms with E-state index in [9.17, 15) is 18.7 Å². The van der Waals surface area contributed by atoms with E-state index in [1.807, 2.05) is 0 Å². The van der Waals surface area contributed by atoms with Gasteiger partial charge in [0.05, 0.1) is 6.10 Å². The molecule has 0 unspecified atom stereocenters. The monoisotopic (exact) mass is 522 g/mol. The molecule has 1 spiro atoms. The summed E-state index contributed by atoms with van der Waals surface area (Å²) in [6.07, 6.45) is 2.12. The number of nitrogens with one attached hydrogen (secondary N) is 2. The highest BCUT2D eigenvalue weighted by Gasteiger charge is 2.46. The van der Waals surface area contributed by atoms with Crippen LogP contribution in [0.1, 0.15) is 47.8 Å². The highest BCUT2D eigenvalue weighted by molar-refractivity contribution is 5.98. The molecule has 3 aliphatic rings. The summed E-state index contributed by atoms with van der Waals surface area (Å²) in [7, 11) is 0. The van der Waals surface area contributed by atoms with Crippen molar-refractivity contribution in [1.29, 1.82) is 0 Å². The number of halogens is 2. The number of H-pyrrole nitrogens is 1. The molecule has 6 nitrogen and oxygen atoms in total. The van der Waals surface area contributed by atoms with Crippen LogP contribution in [0.25, 0.3) is 10.9 Å². The number of hydrogen-bond donors (Lipinski definition) is 3. The van der Waals surface area contributed by atoms with Crippen molar-refractivity contribution < 1.29 is 18.7 Å². The number of amides is 1. The summed E-state index contributed by atoms with van der Waals surface area (Å²) in [6.45, 7) is 9.15. The van der Waals surface area contributed by atoms with E-state index in [1.54, 1.807) is 11.0 Å². The number of carbonyl (C=O) groups is 1. The Bertz CT molecular complexity index is 1330. The number of benzene rings is 2. The van der Waals surface area contributed by atoms with Gasteiger partial charge in [-0.05, 0) is 73.9 Å². The van der Waals surface area contributed by atoms with Gasteiger partial charge in [0.2, 0.25) is 0 Å². The second-order valence-corrected chi connectivity index (χ2v) is 11.7. The Kier molecular flexibility index (Phi) is 6.43. The van der Waals surface area contributed by atoms with E-state index in [4.69, 9.17) is 0 Å². The number of anilines is 1. The Morgan fingerprint density at radius 1 is 1.13 bits per heavy atom. The van der Waals surface area contributed by atoms with Crippen LogP contribution in [-0.4, -0.2) is 71.2 Å². The zero-order valence-corrected chi connectivity index (χ0v) is 22.1. The fourth-order valence-corrected chi connectivity index (χ4v) is 6.99. The number of aryl methyl sites for hydroxylation is 1. The van der Waals surface area contributed by atoms with Gasteiger partial charge in [0.25, 0.3) is 5.91 Å². The molecular formula is C30H36F2N4O2. The van der Waals surface area contributed by atoms with Gasteiger partial charge < -0.3 is 25.2 Å². The van der Waals surface area contributed by atoms with Crippen molar-refractivity contribution in [1.82, 2.24) is 14.8 Å². The fourth-order valence-electron chi connectivity index (χ4n) is 6.99. The lowest BCUT2D eigenvalue weighted by Crippen LogP contribution is -2.52. The predicted octanol–water partition coefficient (Wildman–Crippen LogP) is 4.67. The number of hydrogen-bond acceptors (Lipinski definition) is 4. The van der Waals surface area contributed by atoms with Gasteiger partial charge in [-0.25, -0.2) is 8.78 Å². The minimum atomic E-state index is -0.939. The van der Waals surface area contributed by atoms with E-state index in [1.165, 1.54) is 16.8 Å². The fraction of sp³-hybridized carbons (Fsp3) is 0.500. The maximum atomic E-state index is 13.6. The minimum absolute atomic E-state index is 0.146. The van der Waals surface area contributed by atoms with Crippen LogP contribution in [0.4, 0.5) is 14.5 Å². The number of β-amino-alcohol motifs (C(OH)–C–C–N with tert-alkyl or cyclic N) is 1. The van der Waals surface area contributed by atoms with Gasteiger partial charge in [-0.15, -0.1) is 0 Å². The molecule has 0 radical (unpaired) electrons. The second kappa shape index (κ2) is 9.65. The van der Waals surface area contributed by atoms with Crippen LogP contribution < -0.4 is 5.32 Å². The molecule has 1 amide bonds. The Labute approximate surface area is 222 Å². The Morgan fingerprint density at radius 3 is 2.66 bits per heavy atom. The number of aliphatic hydroxyl groups excluding tert-OH is 1. The van der Waals surface area contributed by atoms with Crippen molar-refractivity contribution in [3.05, 3.63) is 64.9 Å². The molecule has 3 aromatic rings. The zero-order chi connectivity index (χ0) is 26.6. The maximum Gasteiger partial charge on any atom is 0.270 e. The van der Waals surface area contributed by atoms with Crippen LogP contribution in [0.2, 0.25) is 0 Å². The normalized spacial score (nSPS) is 25.1. The lowest BCUT2D eigenvalue weighted by Gasteiger charge is -2.46. The first kappa shape index (κ1) is 25.3. The van der Waals surface area contributed by atoms with E-state index in [2.05, 4.69) is 47.2 Å². The quantitative estimate of drug-likeness (QED) is 0.466. The summed E-state index contributed by atoms with van der Waals surface area (Å²) in [4.78, 5) is 20.1. The number of aromatic amines is 1. The van der Waals surface area contributed by atoms with E-state index in [-0.39, 0.29) is 17.2 Å². The van der Waals surface area contributed by atoms with Crippen LogP contribution in [-0.2, 0) is 5.41 Å². The van der Waals surface area contributed by atoms with Gasteiger partial charge in [0.15, 0.2) is 11.6 Å². The smallest absolute Gasteiger partial charge is 0.270 e. The van der Waals surface area contributed by atoms with Crippen LogP contribution in [0.5, 0.6) is 0 Å². The van der Waals surface area contributed by atoms with E-state index >= 15 is 0 Å². The van der Waals surface area contributed by atoms with Gasteiger partial charge in [0, 0.05) is 60.8 Å². The first-order valence-electron chi connectivity index (χ1n) is 13.8. The summed E-state index contributed by atoms with van der Waals surface area (Å²) >= 11 is 0. The number of aliphatic hydroxyl groups is 1. The van der Waals surface area contributed by atoms with Gasteiger partial charge >= 0.3 is 0 Å². The third-order valence-corrected chi connectivity index (χ3v) is 9.36. The summed E-state index contributed by atoms with van der Waals surface area (Å²) in [6, 6.07) is 10.5. The summed E-state index contributed by atoms with van der Waals surface area (Å²) < 4.78 is 27.1. The molecule has 2 fully saturated rings. The SMILES string of the molecule is Cc1ccc2c(c1)NC[C@]21CCN(C[C@@H](O)C2CCN(C(=O)c3cc4cc(F)c(F)cc4[nH]3)CC2)C[C@H]1C. The molecule has 0 aliphatic carbocycles. The van der Waals surface area contributed by atoms with E-state index in [0.29, 0.717) is 42.1 Å². The third-order valence-electron chi connectivity index (χ3n) is 9.36. The molecule has 1 aromatic heterocycles. The van der Waals surface area contributed by atoms with Gasteiger partial charge in [-0.1, -0.05) is 19.1 Å². The molecule has 3 atom stereocenters. The minimum Gasteiger partial charge on any atom is -0.392 e. The Hall–Kier alpha value is -2.97. The number of rotatable bonds is 4. The van der Waals surface area contributed by atoms with Crippen LogP contribution in [0.15, 0.2) is 36.4 Å². The molecule has 2 aromatic carbocycles. The molecular weight excluding hydrogens is 486 g/mol. The van der Waals surface area contributed by atoms with E-state index < -0.39 is 17.7 Å². The topological polar surface area (TPSA) is 71.6 Å². The summed E-state index contributed by atoms with van der Waals surface area (Å²) in [5.74, 6) is -1.41. The average molecular weight is 523 g/mol. The number of piperidine rings is 2. The van der Waals surface area contributed by atoms with Crippen molar-refractivity contribution in [3.8, 4) is 0 Å². The maximum absolute atomic E-state index is 13.6. The Morgan fingerprint density at radius 2 is 1.89 bits per heavy atom. The van der Waals surface area contributed by atoms with E-state index in [0.717, 1.165) is 51.0 Å². The zero-order valence-electron chi connectivity index (χ0n) is 22.1. The molecule has 3 aliphatic heterocycles. The number of likely N-dealkylation sites (tertiary alicyclic amines) is 2. The first-order valence-corrected chi connectivity index (χ1v) is 13.8. The highest BCUT2D eigenvalue weighted by Crippen LogP contribution is 2.47. The number of nitrogens with zero attached hydrogens (tertiary/aromatic N) is 2. The molecule has 2 saturated heterocycles. The average Bonchev–Trinajstić information content (AvgIpc) is 3.47. The summed E-state index contributed by atoms with van der Waals surface area (Å²) in [5.41, 5.74) is 4.90. The van der Waals surface area contributed by atoms with Gasteiger partial charge in [0.1, 0.15) is 5.69 Å². The number of aromatic nitrogens is 1. The molecule has 0 bridgehead atoms. The van der Waals surface area contributed by atoms with Crippen molar-refractivity contribution in [3.63, 3.8) is 0 Å². The van der Waals surface area contributed by atoms with Crippen LogP contribution in [0.3, 0.4) is 0 Å². The molecule has 8 heteroatoms. The van der Waals surface area contributed by atoms with Gasteiger partial charge in [-0.3, -0.25) is 4.79 Å². The second-order valence-electron chi connectivity index (χ2n) is 11.7. The lowest BCUT2D eigenvalue weighted by molar-refractivity contribution is 0.0110. The molecule has 0 saturated carbocycles.